The predicted octanol–water partition coefficient (Wildman–Crippen LogP) is 4.60. The monoisotopic (exact) mass is 318 g/mol. The lowest BCUT2D eigenvalue weighted by atomic mass is 9.44. The van der Waals surface area contributed by atoms with Crippen LogP contribution in [0.5, 0.6) is 0 Å². The first-order chi connectivity index (χ1) is 10.9. The van der Waals surface area contributed by atoms with Crippen LogP contribution < -0.4 is 0 Å². The summed E-state index contributed by atoms with van der Waals surface area (Å²) in [5.41, 5.74) is 0.738. The van der Waals surface area contributed by atoms with Crippen LogP contribution in [0.15, 0.2) is 0 Å². The molecule has 0 bridgehead atoms. The minimum atomic E-state index is -0.0490. The molecule has 4 aliphatic carbocycles. The Morgan fingerprint density at radius 1 is 0.913 bits per heavy atom. The molecule has 130 valence electrons. The standard InChI is InChI=1S/C21H34O2/c1-13(22)17-6-7-18-16-5-4-14-12-15(23)8-10-20(14,2)19(16)9-11-21(17,18)3/h14-19,23H,4-12H2,1-3H3/t14-,15?,16?,17?,18?,19?,20?,21?/m0/s1. The van der Waals surface area contributed by atoms with Gasteiger partial charge in [0.1, 0.15) is 5.78 Å². The highest BCUT2D eigenvalue weighted by atomic mass is 16.3. The number of hydrogen-bond acceptors (Lipinski definition) is 2. The lowest BCUT2D eigenvalue weighted by Gasteiger charge is -2.60. The van der Waals surface area contributed by atoms with E-state index in [1.807, 2.05) is 6.92 Å². The highest BCUT2D eigenvalue weighted by Crippen LogP contribution is 2.67. The number of Topliss-reactive ketones (excluding diaryl/α,β-unsaturated/α-hetero) is 1. The molecule has 4 saturated carbocycles. The minimum Gasteiger partial charge on any atom is -0.393 e. The first-order valence-electron chi connectivity index (χ1n) is 10.0. The normalized spacial score (nSPS) is 55.7. The number of fused-ring (bicyclic) bond motifs is 5. The molecule has 2 heteroatoms. The summed E-state index contributed by atoms with van der Waals surface area (Å²) in [4.78, 5) is 12.2. The summed E-state index contributed by atoms with van der Waals surface area (Å²) in [5.74, 6) is 3.97. The molecule has 0 aromatic heterocycles. The van der Waals surface area contributed by atoms with Crippen molar-refractivity contribution in [3.63, 3.8) is 0 Å². The van der Waals surface area contributed by atoms with Crippen molar-refractivity contribution in [2.75, 3.05) is 0 Å². The number of rotatable bonds is 1. The molecule has 23 heavy (non-hydrogen) atoms. The van der Waals surface area contributed by atoms with Crippen LogP contribution in [0.3, 0.4) is 0 Å². The highest BCUT2D eigenvalue weighted by Gasteiger charge is 2.60. The van der Waals surface area contributed by atoms with Gasteiger partial charge in [0.2, 0.25) is 0 Å². The van der Waals surface area contributed by atoms with Gasteiger partial charge in [-0.3, -0.25) is 4.79 Å². The zero-order chi connectivity index (χ0) is 16.4. The maximum Gasteiger partial charge on any atom is 0.133 e. The van der Waals surface area contributed by atoms with Crippen LogP contribution in [0, 0.1) is 40.4 Å². The Morgan fingerprint density at radius 3 is 2.35 bits per heavy atom. The number of aliphatic hydroxyl groups excluding tert-OH is 1. The van der Waals surface area contributed by atoms with Gasteiger partial charge in [0, 0.05) is 5.92 Å². The van der Waals surface area contributed by atoms with Gasteiger partial charge in [-0.1, -0.05) is 13.8 Å². The summed E-state index contributed by atoms with van der Waals surface area (Å²) < 4.78 is 0. The van der Waals surface area contributed by atoms with Crippen LogP contribution in [-0.4, -0.2) is 17.0 Å². The SMILES string of the molecule is CC(=O)C1CCC2C3CC[C@H]4CC(O)CCC4(C)C3CCC12C. The Balaban J connectivity index is 1.61. The smallest absolute Gasteiger partial charge is 0.133 e. The number of aliphatic hydroxyl groups is 1. The van der Waals surface area contributed by atoms with Gasteiger partial charge in [-0.25, -0.2) is 0 Å². The van der Waals surface area contributed by atoms with Crippen molar-refractivity contribution >= 4 is 5.78 Å². The number of hydrogen-bond donors (Lipinski definition) is 1. The molecule has 4 fully saturated rings. The molecule has 0 amide bonds. The Hall–Kier alpha value is -0.370. The Bertz CT molecular complexity index is 500. The van der Waals surface area contributed by atoms with Gasteiger partial charge in [0.05, 0.1) is 6.10 Å². The first kappa shape index (κ1) is 16.1. The molecule has 4 aliphatic rings. The van der Waals surface area contributed by atoms with Crippen LogP contribution in [-0.2, 0) is 4.79 Å². The molecule has 8 atom stereocenters. The largest absolute Gasteiger partial charge is 0.393 e. The summed E-state index contributed by atoms with van der Waals surface area (Å²) in [6.07, 6.45) is 10.9. The molecule has 0 spiro atoms. The van der Waals surface area contributed by atoms with Gasteiger partial charge in [-0.2, -0.15) is 0 Å². The second-order valence-corrected chi connectivity index (χ2v) is 9.87. The van der Waals surface area contributed by atoms with Crippen molar-refractivity contribution in [2.45, 2.75) is 84.7 Å². The first-order valence-corrected chi connectivity index (χ1v) is 10.0. The number of carbonyl (C=O) groups is 1. The molecule has 4 rings (SSSR count). The molecule has 0 aromatic rings. The zero-order valence-corrected chi connectivity index (χ0v) is 15.2. The lowest BCUT2D eigenvalue weighted by molar-refractivity contribution is -0.138. The van der Waals surface area contributed by atoms with Crippen LogP contribution >= 0.6 is 0 Å². The van der Waals surface area contributed by atoms with Crippen molar-refractivity contribution in [1.82, 2.24) is 0 Å². The number of ketones is 1. The van der Waals surface area contributed by atoms with E-state index < -0.39 is 0 Å². The fraction of sp³-hybridized carbons (Fsp3) is 0.952. The fourth-order valence-corrected chi connectivity index (χ4v) is 7.90. The molecular weight excluding hydrogens is 284 g/mol. The second kappa shape index (κ2) is 5.31. The fourth-order valence-electron chi connectivity index (χ4n) is 7.90. The maximum absolute atomic E-state index is 12.2. The van der Waals surface area contributed by atoms with Crippen molar-refractivity contribution in [3.05, 3.63) is 0 Å². The highest BCUT2D eigenvalue weighted by molar-refractivity contribution is 5.79. The zero-order valence-electron chi connectivity index (χ0n) is 15.2. The predicted molar refractivity (Wildman–Crippen MR) is 91.9 cm³/mol. The van der Waals surface area contributed by atoms with E-state index in [2.05, 4.69) is 13.8 Å². The molecule has 1 N–H and O–H groups in total. The molecular formula is C21H34O2. The maximum atomic E-state index is 12.2. The van der Waals surface area contributed by atoms with E-state index in [1.54, 1.807) is 0 Å². The third-order valence-electron chi connectivity index (χ3n) is 9.13. The molecule has 0 aromatic carbocycles. The Labute approximate surface area is 141 Å². The van der Waals surface area contributed by atoms with Crippen molar-refractivity contribution in [3.8, 4) is 0 Å². The van der Waals surface area contributed by atoms with Crippen molar-refractivity contribution in [1.29, 1.82) is 0 Å². The van der Waals surface area contributed by atoms with Gasteiger partial charge in [0.25, 0.3) is 0 Å². The van der Waals surface area contributed by atoms with Gasteiger partial charge >= 0.3 is 0 Å². The number of carbonyl (C=O) groups excluding carboxylic acids is 1. The van der Waals surface area contributed by atoms with Crippen LogP contribution in [0.2, 0.25) is 0 Å². The van der Waals surface area contributed by atoms with Crippen LogP contribution in [0.25, 0.3) is 0 Å². The minimum absolute atomic E-state index is 0.0490. The Kier molecular flexibility index (Phi) is 3.72. The summed E-state index contributed by atoms with van der Waals surface area (Å²) in [6, 6.07) is 0. The van der Waals surface area contributed by atoms with Gasteiger partial charge in [-0.05, 0) is 99.2 Å². The van der Waals surface area contributed by atoms with E-state index in [4.69, 9.17) is 0 Å². The molecule has 0 aliphatic heterocycles. The summed E-state index contributed by atoms with van der Waals surface area (Å²) >= 11 is 0. The van der Waals surface area contributed by atoms with Gasteiger partial charge < -0.3 is 5.11 Å². The van der Waals surface area contributed by atoms with Gasteiger partial charge in [0.15, 0.2) is 0 Å². The van der Waals surface area contributed by atoms with Crippen LogP contribution in [0.1, 0.15) is 78.6 Å². The average molecular weight is 319 g/mol. The van der Waals surface area contributed by atoms with E-state index in [9.17, 15) is 9.90 Å². The topological polar surface area (TPSA) is 37.3 Å². The van der Waals surface area contributed by atoms with Gasteiger partial charge in [-0.15, -0.1) is 0 Å². The summed E-state index contributed by atoms with van der Waals surface area (Å²) in [5, 5.41) is 10.1. The molecule has 0 heterocycles. The third-order valence-corrected chi connectivity index (χ3v) is 9.13. The van der Waals surface area contributed by atoms with E-state index in [0.717, 1.165) is 42.9 Å². The van der Waals surface area contributed by atoms with Crippen molar-refractivity contribution < 1.29 is 9.90 Å². The van der Waals surface area contributed by atoms with Crippen molar-refractivity contribution in [2.24, 2.45) is 40.4 Å². The molecule has 0 saturated heterocycles. The third kappa shape index (κ3) is 2.19. The molecule has 0 radical (unpaired) electrons. The quantitative estimate of drug-likeness (QED) is 0.767. The average Bonchev–Trinajstić information content (AvgIpc) is 2.85. The van der Waals surface area contributed by atoms with E-state index in [0.29, 0.717) is 17.1 Å². The summed E-state index contributed by atoms with van der Waals surface area (Å²) in [6.45, 7) is 6.80. The van der Waals surface area contributed by atoms with E-state index >= 15 is 0 Å². The molecule has 2 nitrogen and oxygen atoms in total. The lowest BCUT2D eigenvalue weighted by Crippen LogP contribution is -2.54. The van der Waals surface area contributed by atoms with Crippen LogP contribution in [0.4, 0.5) is 0 Å². The second-order valence-electron chi connectivity index (χ2n) is 9.87. The van der Waals surface area contributed by atoms with E-state index in [-0.39, 0.29) is 11.5 Å². The Morgan fingerprint density at radius 2 is 1.61 bits per heavy atom. The van der Waals surface area contributed by atoms with E-state index in [1.165, 1.54) is 38.5 Å². The molecule has 7 unspecified atom stereocenters. The summed E-state index contributed by atoms with van der Waals surface area (Å²) in [7, 11) is 0.